The lowest BCUT2D eigenvalue weighted by molar-refractivity contribution is 0.119. The predicted molar refractivity (Wildman–Crippen MR) is 110 cm³/mol. The highest BCUT2D eigenvalue weighted by Gasteiger charge is 2.21. The van der Waals surface area contributed by atoms with Crippen LogP contribution in [0.25, 0.3) is 0 Å². The van der Waals surface area contributed by atoms with Crippen molar-refractivity contribution in [1.29, 1.82) is 0 Å². The third kappa shape index (κ3) is 6.21. The number of methoxy groups -OCH3 is 1. The maximum Gasteiger partial charge on any atom is 0.194 e. The monoisotopic (exact) mass is 381 g/mol. The Bertz CT molecular complexity index is 562. The SMILES string of the molecule is CCCN1CCC(CN=C(NCC)N(C)Cc2csc(C(C)OC)n2)C1. The Morgan fingerprint density at radius 2 is 2.35 bits per heavy atom. The molecule has 1 fully saturated rings. The molecule has 148 valence electrons. The zero-order chi connectivity index (χ0) is 18.9. The third-order valence-corrected chi connectivity index (χ3v) is 5.83. The maximum atomic E-state index is 5.36. The van der Waals surface area contributed by atoms with Crippen molar-refractivity contribution in [3.63, 3.8) is 0 Å². The molecule has 0 saturated carbocycles. The lowest BCUT2D eigenvalue weighted by Crippen LogP contribution is -2.39. The number of ether oxygens (including phenoxy) is 1. The molecule has 1 aliphatic heterocycles. The summed E-state index contributed by atoms with van der Waals surface area (Å²) in [4.78, 5) is 14.3. The number of nitrogens with one attached hydrogen (secondary N) is 1. The normalized spacial score (nSPS) is 19.7. The van der Waals surface area contributed by atoms with Gasteiger partial charge < -0.3 is 19.9 Å². The van der Waals surface area contributed by atoms with Gasteiger partial charge in [-0.2, -0.15) is 0 Å². The van der Waals surface area contributed by atoms with E-state index < -0.39 is 0 Å². The molecule has 1 aromatic heterocycles. The molecule has 1 aromatic rings. The van der Waals surface area contributed by atoms with Crippen molar-refractivity contribution in [2.45, 2.75) is 46.3 Å². The first-order valence-electron chi connectivity index (χ1n) is 9.76. The quantitative estimate of drug-likeness (QED) is 0.526. The molecule has 26 heavy (non-hydrogen) atoms. The van der Waals surface area contributed by atoms with Gasteiger partial charge in [-0.05, 0) is 45.7 Å². The van der Waals surface area contributed by atoms with Crippen molar-refractivity contribution in [3.8, 4) is 0 Å². The topological polar surface area (TPSA) is 53.0 Å². The Labute approximate surface area is 162 Å². The van der Waals surface area contributed by atoms with Gasteiger partial charge in [-0.1, -0.05) is 6.92 Å². The fraction of sp³-hybridized carbons (Fsp3) is 0.789. The van der Waals surface area contributed by atoms with Crippen LogP contribution in [0.4, 0.5) is 0 Å². The molecule has 0 amide bonds. The molecule has 0 radical (unpaired) electrons. The minimum Gasteiger partial charge on any atom is -0.375 e. The van der Waals surface area contributed by atoms with Crippen molar-refractivity contribution in [1.82, 2.24) is 20.1 Å². The van der Waals surface area contributed by atoms with Gasteiger partial charge in [-0.25, -0.2) is 4.98 Å². The molecular formula is C19H35N5OS. The van der Waals surface area contributed by atoms with Crippen LogP contribution in [0, 0.1) is 5.92 Å². The zero-order valence-electron chi connectivity index (χ0n) is 17.0. The van der Waals surface area contributed by atoms with Gasteiger partial charge in [0.25, 0.3) is 0 Å². The number of thiazole rings is 1. The van der Waals surface area contributed by atoms with Crippen LogP contribution in [0.1, 0.15) is 50.4 Å². The van der Waals surface area contributed by atoms with Crippen LogP contribution in [-0.4, -0.2) is 67.6 Å². The second-order valence-electron chi connectivity index (χ2n) is 7.06. The number of hydrogen-bond donors (Lipinski definition) is 1. The number of rotatable bonds is 9. The molecule has 2 atom stereocenters. The second-order valence-corrected chi connectivity index (χ2v) is 7.95. The van der Waals surface area contributed by atoms with E-state index in [0.717, 1.165) is 36.3 Å². The van der Waals surface area contributed by atoms with E-state index >= 15 is 0 Å². The zero-order valence-corrected chi connectivity index (χ0v) is 17.8. The van der Waals surface area contributed by atoms with E-state index in [4.69, 9.17) is 14.7 Å². The lowest BCUT2D eigenvalue weighted by Gasteiger charge is -2.22. The van der Waals surface area contributed by atoms with E-state index in [1.165, 1.54) is 32.5 Å². The summed E-state index contributed by atoms with van der Waals surface area (Å²) in [6.07, 6.45) is 2.55. The Hall–Kier alpha value is -1.18. The van der Waals surface area contributed by atoms with Gasteiger partial charge in [-0.3, -0.25) is 4.99 Å². The summed E-state index contributed by atoms with van der Waals surface area (Å²) in [6.45, 7) is 12.5. The van der Waals surface area contributed by atoms with Crippen LogP contribution in [-0.2, 0) is 11.3 Å². The van der Waals surface area contributed by atoms with Crippen LogP contribution in [0.3, 0.4) is 0 Å². The predicted octanol–water partition coefficient (Wildman–Crippen LogP) is 2.98. The molecule has 0 aliphatic carbocycles. The van der Waals surface area contributed by atoms with Crippen molar-refractivity contribution < 1.29 is 4.74 Å². The first-order chi connectivity index (χ1) is 12.6. The molecule has 1 saturated heterocycles. The molecule has 2 rings (SSSR count). The smallest absolute Gasteiger partial charge is 0.194 e. The van der Waals surface area contributed by atoms with Crippen LogP contribution < -0.4 is 5.32 Å². The number of hydrogen-bond acceptors (Lipinski definition) is 5. The molecule has 2 heterocycles. The van der Waals surface area contributed by atoms with E-state index in [2.05, 4.69) is 41.4 Å². The maximum absolute atomic E-state index is 5.36. The van der Waals surface area contributed by atoms with E-state index in [1.54, 1.807) is 18.4 Å². The Morgan fingerprint density at radius 3 is 3.04 bits per heavy atom. The van der Waals surface area contributed by atoms with Crippen LogP contribution in [0.2, 0.25) is 0 Å². The minimum absolute atomic E-state index is 0.0504. The van der Waals surface area contributed by atoms with Crippen molar-refractivity contribution >= 4 is 17.3 Å². The number of aromatic nitrogens is 1. The largest absolute Gasteiger partial charge is 0.375 e. The summed E-state index contributed by atoms with van der Waals surface area (Å²) in [7, 11) is 3.80. The standard InChI is InChI=1S/C19H35N5OS/c1-6-9-24-10-8-16(12-24)11-21-19(20-7-2)23(4)13-17-14-26-18(22-17)15(3)25-5/h14-16H,6-13H2,1-5H3,(H,20,21). The van der Waals surface area contributed by atoms with Gasteiger partial charge in [0.1, 0.15) is 11.1 Å². The highest BCUT2D eigenvalue weighted by atomic mass is 32.1. The number of aliphatic imine (C=N–C) groups is 1. The molecule has 0 spiro atoms. The number of likely N-dealkylation sites (tertiary alicyclic amines) is 1. The van der Waals surface area contributed by atoms with Crippen LogP contribution in [0.5, 0.6) is 0 Å². The Morgan fingerprint density at radius 1 is 1.54 bits per heavy atom. The van der Waals surface area contributed by atoms with Crippen molar-refractivity contribution in [2.75, 3.05) is 46.9 Å². The molecule has 6 nitrogen and oxygen atoms in total. The van der Waals surface area contributed by atoms with Gasteiger partial charge in [0, 0.05) is 39.2 Å². The summed E-state index contributed by atoms with van der Waals surface area (Å²) in [6, 6.07) is 0. The van der Waals surface area contributed by atoms with Crippen LogP contribution >= 0.6 is 11.3 Å². The fourth-order valence-corrected chi connectivity index (χ4v) is 4.11. The highest BCUT2D eigenvalue weighted by molar-refractivity contribution is 7.09. The Balaban J connectivity index is 1.91. The minimum atomic E-state index is 0.0504. The third-order valence-electron chi connectivity index (χ3n) is 4.78. The van der Waals surface area contributed by atoms with Gasteiger partial charge in [0.05, 0.1) is 12.2 Å². The van der Waals surface area contributed by atoms with Crippen molar-refractivity contribution in [2.24, 2.45) is 10.9 Å². The van der Waals surface area contributed by atoms with Crippen LogP contribution in [0.15, 0.2) is 10.4 Å². The average molecular weight is 382 g/mol. The second kappa shape index (κ2) is 10.8. The molecule has 1 aliphatic rings. The average Bonchev–Trinajstić information content (AvgIpc) is 3.27. The molecule has 2 unspecified atom stereocenters. The van der Waals surface area contributed by atoms with Gasteiger partial charge in [0.2, 0.25) is 0 Å². The van der Waals surface area contributed by atoms with E-state index in [9.17, 15) is 0 Å². The molecule has 1 N–H and O–H groups in total. The molecule has 0 aromatic carbocycles. The summed E-state index contributed by atoms with van der Waals surface area (Å²) < 4.78 is 5.36. The lowest BCUT2D eigenvalue weighted by atomic mass is 10.1. The summed E-state index contributed by atoms with van der Waals surface area (Å²) in [5.74, 6) is 1.65. The van der Waals surface area contributed by atoms with E-state index in [1.807, 2.05) is 6.92 Å². The van der Waals surface area contributed by atoms with E-state index in [0.29, 0.717) is 5.92 Å². The molecule has 7 heteroatoms. The van der Waals surface area contributed by atoms with Crippen molar-refractivity contribution in [3.05, 3.63) is 16.1 Å². The first-order valence-corrected chi connectivity index (χ1v) is 10.6. The number of nitrogens with zero attached hydrogens (tertiary/aromatic N) is 4. The number of guanidine groups is 1. The molecule has 0 bridgehead atoms. The van der Waals surface area contributed by atoms with Gasteiger partial charge >= 0.3 is 0 Å². The first kappa shape index (κ1) is 21.1. The fourth-order valence-electron chi connectivity index (χ4n) is 3.27. The van der Waals surface area contributed by atoms with Gasteiger partial charge in [0.15, 0.2) is 5.96 Å². The van der Waals surface area contributed by atoms with E-state index in [-0.39, 0.29) is 6.10 Å². The summed E-state index contributed by atoms with van der Waals surface area (Å²) in [5, 5.41) is 6.56. The summed E-state index contributed by atoms with van der Waals surface area (Å²) >= 11 is 1.66. The molecular weight excluding hydrogens is 346 g/mol. The highest BCUT2D eigenvalue weighted by Crippen LogP contribution is 2.21. The Kier molecular flexibility index (Phi) is 8.81. The summed E-state index contributed by atoms with van der Waals surface area (Å²) in [5.41, 5.74) is 1.07. The van der Waals surface area contributed by atoms with Gasteiger partial charge in [-0.15, -0.1) is 11.3 Å².